The van der Waals surface area contributed by atoms with Crippen LogP contribution in [-0.4, -0.2) is 19.8 Å². The predicted molar refractivity (Wildman–Crippen MR) is 95.1 cm³/mol. The Bertz CT molecular complexity index is 999. The van der Waals surface area contributed by atoms with Crippen LogP contribution < -0.4 is 10.0 Å². The van der Waals surface area contributed by atoms with E-state index < -0.39 is 0 Å². The molecule has 120 valence electrons. The van der Waals surface area contributed by atoms with Crippen molar-refractivity contribution >= 4 is 38.7 Å². The van der Waals surface area contributed by atoms with Gasteiger partial charge in [0.1, 0.15) is 5.82 Å². The minimum atomic E-state index is 0.557. The number of rotatable bonds is 4. The second-order valence-corrected chi connectivity index (χ2v) is 6.98. The smallest absolute Gasteiger partial charge is 0.227 e. The summed E-state index contributed by atoms with van der Waals surface area (Å²) >= 11 is 5.14. The van der Waals surface area contributed by atoms with Gasteiger partial charge in [0, 0.05) is 29.0 Å². The van der Waals surface area contributed by atoms with Gasteiger partial charge in [0.15, 0.2) is 5.65 Å². The van der Waals surface area contributed by atoms with E-state index in [-0.39, 0.29) is 0 Å². The Morgan fingerprint density at radius 1 is 1.33 bits per heavy atom. The quantitative estimate of drug-likeness (QED) is 0.405. The second kappa shape index (κ2) is 6.21. The number of hydrogen-bond acceptors (Lipinski definition) is 5. The summed E-state index contributed by atoms with van der Waals surface area (Å²) in [6.45, 7) is 0.557. The van der Waals surface area contributed by atoms with Crippen LogP contribution in [0.3, 0.4) is 0 Å². The molecule has 0 aliphatic carbocycles. The third-order valence-corrected chi connectivity index (χ3v) is 4.97. The third kappa shape index (κ3) is 2.85. The fourth-order valence-corrected chi connectivity index (χ4v) is 3.45. The highest BCUT2D eigenvalue weighted by Gasteiger charge is 2.12. The fraction of sp³-hybridized carbons (Fsp3) is 0.0625. The van der Waals surface area contributed by atoms with Gasteiger partial charge >= 0.3 is 0 Å². The maximum absolute atomic E-state index is 9.51. The number of thiophene rings is 1. The van der Waals surface area contributed by atoms with E-state index in [1.165, 1.54) is 0 Å². The van der Waals surface area contributed by atoms with Crippen LogP contribution in [0, 0.1) is 0 Å². The lowest BCUT2D eigenvalue weighted by molar-refractivity contribution is -0.905. The molecule has 0 aliphatic rings. The highest BCUT2D eigenvalue weighted by atomic mass is 79.9. The summed E-state index contributed by atoms with van der Waals surface area (Å²) < 4.78 is 3.65. The minimum Gasteiger partial charge on any atom is -0.366 e. The number of pyridine rings is 1. The van der Waals surface area contributed by atoms with Gasteiger partial charge in [0.05, 0.1) is 21.2 Å². The van der Waals surface area contributed by atoms with Crippen LogP contribution >= 0.6 is 27.3 Å². The molecular formula is C16H13BrN5OS+. The Kier molecular flexibility index (Phi) is 3.91. The third-order valence-electron chi connectivity index (χ3n) is 3.52. The van der Waals surface area contributed by atoms with Crippen molar-refractivity contribution in [1.29, 1.82) is 0 Å². The average Bonchev–Trinajstić information content (AvgIpc) is 3.23. The molecule has 0 atom stereocenters. The summed E-state index contributed by atoms with van der Waals surface area (Å²) in [5, 5.41) is 19.3. The lowest BCUT2D eigenvalue weighted by Gasteiger charge is -2.09. The SMILES string of the molecule is O[n+]1cccc(CNc2cc(-c3cccs3)nc3c(Br)cnn23)c1. The highest BCUT2D eigenvalue weighted by molar-refractivity contribution is 9.10. The maximum Gasteiger partial charge on any atom is 0.227 e. The van der Waals surface area contributed by atoms with Crippen molar-refractivity contribution in [2.24, 2.45) is 0 Å². The Morgan fingerprint density at radius 2 is 2.25 bits per heavy atom. The molecule has 0 aromatic carbocycles. The molecule has 24 heavy (non-hydrogen) atoms. The maximum atomic E-state index is 9.51. The lowest BCUT2D eigenvalue weighted by atomic mass is 10.3. The molecule has 8 heteroatoms. The average molecular weight is 403 g/mol. The summed E-state index contributed by atoms with van der Waals surface area (Å²) in [6, 6.07) is 9.77. The van der Waals surface area contributed by atoms with Gasteiger partial charge < -0.3 is 5.32 Å². The van der Waals surface area contributed by atoms with Crippen LogP contribution in [0.25, 0.3) is 16.2 Å². The fourth-order valence-electron chi connectivity index (χ4n) is 2.42. The normalized spacial score (nSPS) is 11.0. The molecule has 0 spiro atoms. The molecule has 0 bridgehead atoms. The Hall–Kier alpha value is -2.45. The number of nitrogens with one attached hydrogen (secondary N) is 1. The van der Waals surface area contributed by atoms with Crippen LogP contribution in [0.1, 0.15) is 5.56 Å². The molecule has 0 saturated heterocycles. The molecule has 0 aliphatic heterocycles. The van der Waals surface area contributed by atoms with Crippen molar-refractivity contribution in [3.05, 3.63) is 64.3 Å². The van der Waals surface area contributed by atoms with Crippen molar-refractivity contribution < 1.29 is 9.94 Å². The molecule has 0 fully saturated rings. The number of anilines is 1. The zero-order valence-corrected chi connectivity index (χ0v) is 14.8. The number of aromatic nitrogens is 4. The van der Waals surface area contributed by atoms with E-state index in [4.69, 9.17) is 0 Å². The van der Waals surface area contributed by atoms with Gasteiger partial charge in [-0.25, -0.2) is 4.98 Å². The van der Waals surface area contributed by atoms with Crippen LogP contribution in [0.5, 0.6) is 0 Å². The van der Waals surface area contributed by atoms with Crippen LogP contribution in [0.2, 0.25) is 0 Å². The van der Waals surface area contributed by atoms with Crippen molar-refractivity contribution in [2.45, 2.75) is 6.54 Å². The first-order chi connectivity index (χ1) is 11.7. The largest absolute Gasteiger partial charge is 0.366 e. The second-order valence-electron chi connectivity index (χ2n) is 5.18. The van der Waals surface area contributed by atoms with Crippen LogP contribution in [0.15, 0.2) is 58.8 Å². The molecule has 0 radical (unpaired) electrons. The molecule has 0 unspecified atom stereocenters. The van der Waals surface area contributed by atoms with E-state index in [1.54, 1.807) is 40.5 Å². The van der Waals surface area contributed by atoms with Gasteiger partial charge in [-0.2, -0.15) is 9.61 Å². The Balaban J connectivity index is 1.73. The van der Waals surface area contributed by atoms with Crippen LogP contribution in [-0.2, 0) is 6.54 Å². The van der Waals surface area contributed by atoms with Crippen molar-refractivity contribution in [3.8, 4) is 10.6 Å². The molecule has 4 aromatic rings. The lowest BCUT2D eigenvalue weighted by Crippen LogP contribution is -2.29. The summed E-state index contributed by atoms with van der Waals surface area (Å²) in [5.41, 5.74) is 2.61. The zero-order valence-electron chi connectivity index (χ0n) is 12.4. The summed E-state index contributed by atoms with van der Waals surface area (Å²) in [7, 11) is 0. The van der Waals surface area contributed by atoms with Gasteiger partial charge in [-0.1, -0.05) is 6.07 Å². The van der Waals surface area contributed by atoms with Crippen molar-refractivity contribution in [3.63, 3.8) is 0 Å². The van der Waals surface area contributed by atoms with E-state index in [2.05, 4.69) is 31.3 Å². The molecular weight excluding hydrogens is 390 g/mol. The molecule has 4 aromatic heterocycles. The van der Waals surface area contributed by atoms with Gasteiger partial charge in [-0.15, -0.1) is 11.3 Å². The number of hydrogen-bond donors (Lipinski definition) is 2. The Morgan fingerprint density at radius 3 is 3.04 bits per heavy atom. The predicted octanol–water partition coefficient (Wildman–Crippen LogP) is 3.36. The monoisotopic (exact) mass is 402 g/mol. The molecule has 4 heterocycles. The van der Waals surface area contributed by atoms with Crippen molar-refractivity contribution in [2.75, 3.05) is 5.32 Å². The van der Waals surface area contributed by atoms with E-state index in [0.717, 1.165) is 36.8 Å². The van der Waals surface area contributed by atoms with E-state index >= 15 is 0 Å². The van der Waals surface area contributed by atoms with Crippen LogP contribution in [0.4, 0.5) is 5.82 Å². The van der Waals surface area contributed by atoms with E-state index in [9.17, 15) is 5.21 Å². The summed E-state index contributed by atoms with van der Waals surface area (Å²) in [4.78, 5) is 5.79. The van der Waals surface area contributed by atoms with E-state index in [0.29, 0.717) is 6.54 Å². The van der Waals surface area contributed by atoms with E-state index in [1.807, 2.05) is 29.6 Å². The first-order valence-corrected chi connectivity index (χ1v) is 8.89. The van der Waals surface area contributed by atoms with Gasteiger partial charge in [0.25, 0.3) is 0 Å². The Labute approximate surface area is 150 Å². The number of nitrogens with zero attached hydrogens (tertiary/aromatic N) is 4. The van der Waals surface area contributed by atoms with Gasteiger partial charge in [-0.3, -0.25) is 5.21 Å². The van der Waals surface area contributed by atoms with Crippen molar-refractivity contribution in [1.82, 2.24) is 14.6 Å². The molecule has 6 nitrogen and oxygen atoms in total. The van der Waals surface area contributed by atoms with Gasteiger partial charge in [0.2, 0.25) is 12.4 Å². The molecule has 4 rings (SSSR count). The topological polar surface area (TPSA) is 66.3 Å². The summed E-state index contributed by atoms with van der Waals surface area (Å²) in [5.74, 6) is 0.836. The first kappa shape index (κ1) is 15.1. The molecule has 0 amide bonds. The molecule has 2 N–H and O–H groups in total. The number of fused-ring (bicyclic) bond motifs is 1. The van der Waals surface area contributed by atoms with Gasteiger partial charge in [-0.05, 0) is 33.4 Å². The minimum absolute atomic E-state index is 0.557. The first-order valence-electron chi connectivity index (χ1n) is 7.22. The summed E-state index contributed by atoms with van der Waals surface area (Å²) in [6.07, 6.45) is 4.97. The molecule has 0 saturated carbocycles. The zero-order chi connectivity index (χ0) is 16.5. The standard InChI is InChI=1S/C16H13BrN5OS/c17-12-9-19-22-15(18-8-11-3-1-5-21(23)10-11)7-13(20-16(12)22)14-4-2-6-24-14/h1-7,9-10,18,23H,8H2/q+1. The number of halogens is 1. The highest BCUT2D eigenvalue weighted by Crippen LogP contribution is 2.28.